The van der Waals surface area contributed by atoms with Gasteiger partial charge >= 0.3 is 0 Å². The van der Waals surface area contributed by atoms with Crippen molar-refractivity contribution in [1.29, 1.82) is 0 Å². The molecule has 1 amide bonds. The third kappa shape index (κ3) is 4.60. The predicted molar refractivity (Wildman–Crippen MR) is 58.5 cm³/mol. The zero-order valence-corrected chi connectivity index (χ0v) is 9.53. The molecule has 1 aromatic rings. The number of nitrogens with zero attached hydrogens (tertiary/aromatic N) is 3. The lowest BCUT2D eigenvalue weighted by atomic mass is 10.5. The number of carbonyl (C=O) groups is 1. The third-order valence-corrected chi connectivity index (χ3v) is 1.96. The normalized spacial score (nSPS) is 10.7. The molecule has 0 aliphatic carbocycles. The summed E-state index contributed by atoms with van der Waals surface area (Å²) in [6.07, 6.45) is 1.81. The Balaban J connectivity index is 2.24. The summed E-state index contributed by atoms with van der Waals surface area (Å²) >= 11 is 0. The molecule has 84 valence electrons. The maximum Gasteiger partial charge on any atom is 0.241 e. The lowest BCUT2D eigenvalue weighted by Gasteiger charge is -2.10. The largest absolute Gasteiger partial charge is 0.353 e. The lowest BCUT2D eigenvalue weighted by molar-refractivity contribution is -0.121. The Bertz CT molecular complexity index is 319. The Morgan fingerprint density at radius 2 is 2.33 bits per heavy atom. The van der Waals surface area contributed by atoms with Gasteiger partial charge in [0.15, 0.2) is 0 Å². The van der Waals surface area contributed by atoms with Crippen LogP contribution in [0, 0.1) is 6.92 Å². The molecule has 0 aromatic carbocycles. The van der Waals surface area contributed by atoms with Gasteiger partial charge in [-0.15, -0.1) is 0 Å². The van der Waals surface area contributed by atoms with Crippen molar-refractivity contribution in [2.75, 3.05) is 27.2 Å². The maximum absolute atomic E-state index is 11.4. The fraction of sp³-hybridized carbons (Fsp3) is 0.600. The topological polar surface area (TPSA) is 50.2 Å². The summed E-state index contributed by atoms with van der Waals surface area (Å²) in [6, 6.07) is 1.88. The molecule has 0 saturated heterocycles. The molecule has 5 heteroatoms. The number of carbonyl (C=O) groups excluding carboxylic acids is 1. The minimum absolute atomic E-state index is 0.0000463. The lowest BCUT2D eigenvalue weighted by Crippen LogP contribution is -2.33. The highest BCUT2D eigenvalue weighted by molar-refractivity contribution is 5.75. The minimum atomic E-state index is -0.0000463. The molecule has 15 heavy (non-hydrogen) atoms. The van der Waals surface area contributed by atoms with Crippen LogP contribution < -0.4 is 5.32 Å². The van der Waals surface area contributed by atoms with Gasteiger partial charge in [0.05, 0.1) is 5.69 Å². The molecule has 0 bridgehead atoms. The molecule has 1 aromatic heterocycles. The highest BCUT2D eigenvalue weighted by Gasteiger charge is 2.02. The van der Waals surface area contributed by atoms with Gasteiger partial charge in [-0.2, -0.15) is 5.10 Å². The molecule has 1 rings (SSSR count). The number of nitrogens with one attached hydrogen (secondary N) is 1. The molecule has 0 unspecified atom stereocenters. The monoisotopic (exact) mass is 210 g/mol. The van der Waals surface area contributed by atoms with E-state index in [1.54, 1.807) is 10.9 Å². The van der Waals surface area contributed by atoms with Gasteiger partial charge < -0.3 is 10.2 Å². The first-order valence-electron chi connectivity index (χ1n) is 4.99. The van der Waals surface area contributed by atoms with Gasteiger partial charge in [0, 0.05) is 19.3 Å². The molecule has 0 aliphatic rings. The molecule has 5 nitrogen and oxygen atoms in total. The van der Waals surface area contributed by atoms with Crippen LogP contribution in [-0.2, 0) is 11.3 Å². The Hall–Kier alpha value is -1.36. The predicted octanol–water partition coefficient (Wildman–Crippen LogP) is -0.131. The Labute approximate surface area is 90.1 Å². The number of aryl methyl sites for hydroxylation is 1. The molecule has 0 saturated carbocycles. The summed E-state index contributed by atoms with van der Waals surface area (Å²) in [5, 5.41) is 6.97. The van der Waals surface area contributed by atoms with E-state index in [2.05, 4.69) is 10.4 Å². The molecule has 0 atom stereocenters. The van der Waals surface area contributed by atoms with Crippen LogP contribution in [0.1, 0.15) is 5.69 Å². The van der Waals surface area contributed by atoms with E-state index in [4.69, 9.17) is 0 Å². The second kappa shape index (κ2) is 5.50. The van der Waals surface area contributed by atoms with E-state index >= 15 is 0 Å². The van der Waals surface area contributed by atoms with Crippen LogP contribution >= 0.6 is 0 Å². The standard InChI is InChI=1S/C10H18N4O/c1-9-4-6-14(12-9)8-10(15)11-5-7-13(2)3/h4,6H,5,7-8H2,1-3H3,(H,11,15). The van der Waals surface area contributed by atoms with Crippen LogP contribution in [0.2, 0.25) is 0 Å². The summed E-state index contributed by atoms with van der Waals surface area (Å²) in [4.78, 5) is 13.4. The van der Waals surface area contributed by atoms with E-state index in [1.807, 2.05) is 32.0 Å². The van der Waals surface area contributed by atoms with E-state index < -0.39 is 0 Å². The number of likely N-dealkylation sites (N-methyl/N-ethyl adjacent to an activating group) is 1. The Morgan fingerprint density at radius 3 is 2.87 bits per heavy atom. The molecule has 1 N–H and O–H groups in total. The quantitative estimate of drug-likeness (QED) is 0.736. The van der Waals surface area contributed by atoms with Crippen LogP contribution in [0.3, 0.4) is 0 Å². The average Bonchev–Trinajstić information content (AvgIpc) is 2.50. The molecule has 0 radical (unpaired) electrons. The van der Waals surface area contributed by atoms with Gasteiger partial charge in [-0.05, 0) is 27.1 Å². The van der Waals surface area contributed by atoms with Crippen LogP contribution in [0.25, 0.3) is 0 Å². The number of aromatic nitrogens is 2. The minimum Gasteiger partial charge on any atom is -0.353 e. The molecular weight excluding hydrogens is 192 g/mol. The van der Waals surface area contributed by atoms with Crippen LogP contribution in [0.4, 0.5) is 0 Å². The second-order valence-corrected chi connectivity index (χ2v) is 3.81. The number of hydrogen-bond donors (Lipinski definition) is 1. The number of rotatable bonds is 5. The molecule has 0 aliphatic heterocycles. The summed E-state index contributed by atoms with van der Waals surface area (Å²) in [7, 11) is 3.95. The van der Waals surface area contributed by atoms with E-state index in [9.17, 15) is 4.79 Å². The average molecular weight is 210 g/mol. The van der Waals surface area contributed by atoms with E-state index in [1.165, 1.54) is 0 Å². The van der Waals surface area contributed by atoms with Gasteiger partial charge in [0.1, 0.15) is 6.54 Å². The third-order valence-electron chi connectivity index (χ3n) is 1.96. The molecule has 0 spiro atoms. The smallest absolute Gasteiger partial charge is 0.241 e. The van der Waals surface area contributed by atoms with Crippen molar-refractivity contribution in [1.82, 2.24) is 20.0 Å². The fourth-order valence-electron chi connectivity index (χ4n) is 1.17. The van der Waals surface area contributed by atoms with Gasteiger partial charge in [-0.3, -0.25) is 9.48 Å². The van der Waals surface area contributed by atoms with Gasteiger partial charge in [-0.25, -0.2) is 0 Å². The SMILES string of the molecule is Cc1ccn(CC(=O)NCCN(C)C)n1. The van der Waals surface area contributed by atoms with E-state index in [-0.39, 0.29) is 5.91 Å². The van der Waals surface area contributed by atoms with Gasteiger partial charge in [-0.1, -0.05) is 0 Å². The van der Waals surface area contributed by atoms with Crippen LogP contribution in [-0.4, -0.2) is 47.8 Å². The van der Waals surface area contributed by atoms with Crippen molar-refractivity contribution in [3.05, 3.63) is 18.0 Å². The van der Waals surface area contributed by atoms with Crippen molar-refractivity contribution in [2.45, 2.75) is 13.5 Å². The van der Waals surface area contributed by atoms with Gasteiger partial charge in [0.25, 0.3) is 0 Å². The number of amides is 1. The fourth-order valence-corrected chi connectivity index (χ4v) is 1.17. The molecular formula is C10H18N4O. The van der Waals surface area contributed by atoms with Crippen molar-refractivity contribution < 1.29 is 4.79 Å². The first-order chi connectivity index (χ1) is 7.08. The van der Waals surface area contributed by atoms with Crippen molar-refractivity contribution in [3.63, 3.8) is 0 Å². The van der Waals surface area contributed by atoms with Crippen molar-refractivity contribution >= 4 is 5.91 Å². The zero-order chi connectivity index (χ0) is 11.3. The molecule has 0 fully saturated rings. The maximum atomic E-state index is 11.4. The first kappa shape index (κ1) is 11.7. The second-order valence-electron chi connectivity index (χ2n) is 3.81. The first-order valence-corrected chi connectivity index (χ1v) is 4.99. The van der Waals surface area contributed by atoms with E-state index in [0.717, 1.165) is 12.2 Å². The van der Waals surface area contributed by atoms with Crippen molar-refractivity contribution in [3.8, 4) is 0 Å². The Morgan fingerprint density at radius 1 is 1.60 bits per heavy atom. The number of hydrogen-bond acceptors (Lipinski definition) is 3. The highest BCUT2D eigenvalue weighted by atomic mass is 16.2. The summed E-state index contributed by atoms with van der Waals surface area (Å²) < 4.78 is 1.64. The summed E-state index contributed by atoms with van der Waals surface area (Å²) in [6.45, 7) is 3.72. The van der Waals surface area contributed by atoms with Gasteiger partial charge in [0.2, 0.25) is 5.91 Å². The summed E-state index contributed by atoms with van der Waals surface area (Å²) in [5.41, 5.74) is 0.927. The Kier molecular flexibility index (Phi) is 4.30. The van der Waals surface area contributed by atoms with E-state index in [0.29, 0.717) is 13.1 Å². The molecule has 1 heterocycles. The summed E-state index contributed by atoms with van der Waals surface area (Å²) in [5.74, 6) is -0.0000463. The van der Waals surface area contributed by atoms with Crippen molar-refractivity contribution in [2.24, 2.45) is 0 Å². The zero-order valence-electron chi connectivity index (χ0n) is 9.53. The highest BCUT2D eigenvalue weighted by Crippen LogP contribution is 1.91. The van der Waals surface area contributed by atoms with Crippen LogP contribution in [0.15, 0.2) is 12.3 Å². The van der Waals surface area contributed by atoms with Crippen LogP contribution in [0.5, 0.6) is 0 Å².